The molecule has 2 aliphatic heterocycles. The molecule has 0 saturated heterocycles. The van der Waals surface area contributed by atoms with Crippen molar-refractivity contribution in [2.24, 2.45) is 0 Å². The normalized spacial score (nSPS) is 23.3. The van der Waals surface area contributed by atoms with Crippen molar-refractivity contribution in [1.82, 2.24) is 5.32 Å². The summed E-state index contributed by atoms with van der Waals surface area (Å²) < 4.78 is 2.45. The number of halogens is 1. The Morgan fingerprint density at radius 3 is 2.87 bits per heavy atom. The van der Waals surface area contributed by atoms with Crippen LogP contribution < -0.4 is 17.7 Å². The lowest BCUT2D eigenvalue weighted by atomic mass is 10.1. The number of benzene rings is 1. The van der Waals surface area contributed by atoms with E-state index in [2.05, 4.69) is 40.2 Å². The first kappa shape index (κ1) is 10.8. The SMILES string of the molecule is [Cl-].c1ccc([C@@H]2C[N+]3=[14C](N2)SCC3)cc1. The average molecular weight is 243 g/mol. The lowest BCUT2D eigenvalue weighted by molar-refractivity contribution is -0.511. The maximum atomic E-state index is 3.57. The van der Waals surface area contributed by atoms with Crippen molar-refractivity contribution in [3.8, 4) is 0 Å². The maximum absolute atomic E-state index is 3.57. The molecule has 80 valence electrons. The van der Waals surface area contributed by atoms with Crippen molar-refractivity contribution >= 4 is 16.9 Å². The van der Waals surface area contributed by atoms with E-state index in [0.29, 0.717) is 6.04 Å². The van der Waals surface area contributed by atoms with Crippen molar-refractivity contribution in [1.29, 1.82) is 0 Å². The molecule has 0 aliphatic carbocycles. The zero-order valence-corrected chi connectivity index (χ0v) is 9.89. The molecule has 4 heteroatoms. The summed E-state index contributed by atoms with van der Waals surface area (Å²) in [5, 5.41) is 4.95. The monoisotopic (exact) mass is 242 g/mol. The van der Waals surface area contributed by atoms with Crippen LogP contribution in [0, 0.1) is 0 Å². The summed E-state index contributed by atoms with van der Waals surface area (Å²) in [4.78, 5) is 0. The topological polar surface area (TPSA) is 15.0 Å². The van der Waals surface area contributed by atoms with Gasteiger partial charge in [0.25, 0.3) is 0 Å². The molecule has 0 bridgehead atoms. The fourth-order valence-corrected chi connectivity index (χ4v) is 3.12. The predicted molar refractivity (Wildman–Crippen MR) is 59.8 cm³/mol. The number of rotatable bonds is 1. The highest BCUT2D eigenvalue weighted by molar-refractivity contribution is 8.13. The van der Waals surface area contributed by atoms with Gasteiger partial charge < -0.3 is 12.4 Å². The molecule has 2 heterocycles. The minimum atomic E-state index is 0. The third-order valence-electron chi connectivity index (χ3n) is 2.79. The molecule has 2 aliphatic rings. The van der Waals surface area contributed by atoms with Crippen LogP contribution in [0.5, 0.6) is 0 Å². The molecule has 0 unspecified atom stereocenters. The second-order valence-corrected chi connectivity index (χ2v) is 4.79. The minimum Gasteiger partial charge on any atom is -1.00 e. The van der Waals surface area contributed by atoms with Gasteiger partial charge in [-0.1, -0.05) is 30.3 Å². The molecule has 0 aromatic heterocycles. The van der Waals surface area contributed by atoms with E-state index in [1.165, 1.54) is 23.0 Å². The van der Waals surface area contributed by atoms with Gasteiger partial charge >= 0.3 is 5.17 Å². The molecule has 3 rings (SSSR count). The van der Waals surface area contributed by atoms with Crippen LogP contribution in [-0.2, 0) is 0 Å². The van der Waals surface area contributed by atoms with Gasteiger partial charge in [0.2, 0.25) is 0 Å². The van der Waals surface area contributed by atoms with E-state index in [1.54, 1.807) is 0 Å². The second kappa shape index (κ2) is 4.45. The highest BCUT2D eigenvalue weighted by Crippen LogP contribution is 2.23. The number of hydrogen-bond acceptors (Lipinski definition) is 2. The summed E-state index contributed by atoms with van der Waals surface area (Å²) >= 11 is 1.94. The molecule has 0 saturated carbocycles. The summed E-state index contributed by atoms with van der Waals surface area (Å²) in [6, 6.07) is 11.2. The summed E-state index contributed by atoms with van der Waals surface area (Å²) in [6.07, 6.45) is 0. The van der Waals surface area contributed by atoms with Gasteiger partial charge in [-0.15, -0.1) is 0 Å². The van der Waals surface area contributed by atoms with Crippen molar-refractivity contribution < 1.29 is 17.0 Å². The zero-order valence-electron chi connectivity index (χ0n) is 8.32. The standard InChI is InChI=1S/C11H12N2S.ClH/c1-2-4-9(5-3-1)10-8-13-6-7-14-11(13)12-10;/h1-5,10H,6-8H2;1H/t10-;/m0./s1/i11+2;. The van der Waals surface area contributed by atoms with Crippen LogP contribution in [0.3, 0.4) is 0 Å². The summed E-state index contributed by atoms with van der Waals surface area (Å²) in [7, 11) is 0. The van der Waals surface area contributed by atoms with Crippen molar-refractivity contribution in [2.45, 2.75) is 6.04 Å². The highest BCUT2D eigenvalue weighted by Gasteiger charge is 2.34. The van der Waals surface area contributed by atoms with E-state index in [4.69, 9.17) is 0 Å². The summed E-state index contributed by atoms with van der Waals surface area (Å²) in [5.41, 5.74) is 1.40. The van der Waals surface area contributed by atoms with Crippen molar-refractivity contribution in [3.05, 3.63) is 35.9 Å². The quantitative estimate of drug-likeness (QED) is 0.600. The number of amidine groups is 1. The smallest absolute Gasteiger partial charge is 0.307 e. The maximum Gasteiger partial charge on any atom is 0.307 e. The fourth-order valence-electron chi connectivity index (χ4n) is 2.04. The van der Waals surface area contributed by atoms with Crippen molar-refractivity contribution in [2.75, 3.05) is 18.8 Å². The third-order valence-corrected chi connectivity index (χ3v) is 3.83. The van der Waals surface area contributed by atoms with Gasteiger partial charge in [0.1, 0.15) is 6.54 Å². The van der Waals surface area contributed by atoms with Gasteiger partial charge in [-0.25, -0.2) is 0 Å². The molecule has 1 aromatic carbocycles. The number of hydrogen-bond donors (Lipinski definition) is 1. The Balaban J connectivity index is 0.000000853. The number of nitrogens with zero attached hydrogens (tertiary/aromatic N) is 1. The molecule has 15 heavy (non-hydrogen) atoms. The molecule has 0 spiro atoms. The van der Waals surface area contributed by atoms with Crippen LogP contribution in [0.25, 0.3) is 0 Å². The number of thioether (sulfide) groups is 1. The minimum absolute atomic E-state index is 0. The van der Waals surface area contributed by atoms with Crippen LogP contribution in [0.15, 0.2) is 30.3 Å². The van der Waals surface area contributed by atoms with Gasteiger partial charge in [0.05, 0.1) is 6.54 Å². The second-order valence-electron chi connectivity index (χ2n) is 3.71. The lowest BCUT2D eigenvalue weighted by Gasteiger charge is -2.06. The Morgan fingerprint density at radius 1 is 1.33 bits per heavy atom. The molecule has 0 fully saturated rings. The van der Waals surface area contributed by atoms with E-state index in [-0.39, 0.29) is 12.4 Å². The van der Waals surface area contributed by atoms with Crippen LogP contribution in [0.4, 0.5) is 0 Å². The Bertz CT molecular complexity index is 361. The summed E-state index contributed by atoms with van der Waals surface area (Å²) in [5.74, 6) is 1.24. The Kier molecular flexibility index (Phi) is 3.22. The average Bonchev–Trinajstić information content (AvgIpc) is 2.78. The van der Waals surface area contributed by atoms with E-state index in [1.807, 2.05) is 11.8 Å². The molecular weight excluding hydrogens is 230 g/mol. The van der Waals surface area contributed by atoms with Gasteiger partial charge in [0, 0.05) is 11.3 Å². The van der Waals surface area contributed by atoms with E-state index < -0.39 is 0 Å². The van der Waals surface area contributed by atoms with E-state index >= 15 is 0 Å². The van der Waals surface area contributed by atoms with E-state index in [0.717, 1.165) is 6.54 Å². The Labute approximate surface area is 100 Å². The molecule has 1 N–H and O–H groups in total. The van der Waals surface area contributed by atoms with Crippen LogP contribution in [-0.4, -0.2) is 28.6 Å². The van der Waals surface area contributed by atoms with E-state index in [9.17, 15) is 0 Å². The van der Waals surface area contributed by atoms with Crippen LogP contribution >= 0.6 is 11.8 Å². The van der Waals surface area contributed by atoms with Crippen LogP contribution in [0.2, 0.25) is 0 Å². The third kappa shape index (κ3) is 1.99. The Morgan fingerprint density at radius 2 is 2.13 bits per heavy atom. The zero-order chi connectivity index (χ0) is 9.38. The van der Waals surface area contributed by atoms with Gasteiger partial charge in [-0.2, -0.15) is 0 Å². The van der Waals surface area contributed by atoms with Crippen LogP contribution in [0.1, 0.15) is 11.6 Å². The Hall–Kier alpha value is -0.670. The molecule has 1 atom stereocenters. The first-order chi connectivity index (χ1) is 6.93. The molecular formula is C11H13ClN2S. The first-order valence-corrected chi connectivity index (χ1v) is 5.98. The molecule has 0 amide bonds. The lowest BCUT2D eigenvalue weighted by Crippen LogP contribution is -3.00. The van der Waals surface area contributed by atoms with Gasteiger partial charge in [-0.05, 0) is 11.8 Å². The molecule has 0 radical (unpaired) electrons. The fraction of sp³-hybridized carbons (Fsp3) is 0.364. The first-order valence-electron chi connectivity index (χ1n) is 5.00. The predicted octanol–water partition coefficient (Wildman–Crippen LogP) is -1.55. The number of nitrogens with one attached hydrogen (secondary N) is 1. The molecule has 2 nitrogen and oxygen atoms in total. The highest BCUT2D eigenvalue weighted by atomic mass is 35.5. The van der Waals surface area contributed by atoms with Gasteiger partial charge in [0.15, 0.2) is 6.04 Å². The summed E-state index contributed by atoms with van der Waals surface area (Å²) in [6.45, 7) is 2.34. The van der Waals surface area contributed by atoms with Gasteiger partial charge in [-0.3, -0.25) is 9.89 Å². The molecule has 1 aromatic rings. The largest absolute Gasteiger partial charge is 1.00 e. The van der Waals surface area contributed by atoms with Crippen molar-refractivity contribution in [3.63, 3.8) is 0 Å².